The van der Waals surface area contributed by atoms with E-state index in [1.54, 1.807) is 32.9 Å². The fourth-order valence-corrected chi connectivity index (χ4v) is 4.80. The molecule has 194 valence electrons. The molecule has 1 aromatic heterocycles. The number of carbonyl (C=O) groups is 2. The first-order chi connectivity index (χ1) is 17.0. The zero-order valence-corrected chi connectivity index (χ0v) is 22.6. The van der Waals surface area contributed by atoms with Gasteiger partial charge in [-0.05, 0) is 84.3 Å². The summed E-state index contributed by atoms with van der Waals surface area (Å²) >= 11 is 6.43. The summed E-state index contributed by atoms with van der Waals surface area (Å²) in [6, 6.07) is 7.66. The molecule has 2 aromatic rings. The predicted octanol–water partition coefficient (Wildman–Crippen LogP) is 5.89. The molecule has 1 fully saturated rings. The lowest BCUT2D eigenvalue weighted by Gasteiger charge is -2.28. The Labute approximate surface area is 217 Å². The number of nitrogens with one attached hydrogen (secondary N) is 1. The van der Waals surface area contributed by atoms with E-state index in [0.29, 0.717) is 33.6 Å². The molecule has 0 aliphatic carbocycles. The first-order valence-corrected chi connectivity index (χ1v) is 12.7. The van der Waals surface area contributed by atoms with Gasteiger partial charge in [-0.3, -0.25) is 4.79 Å². The number of anilines is 2. The van der Waals surface area contributed by atoms with E-state index in [4.69, 9.17) is 26.1 Å². The highest BCUT2D eigenvalue weighted by Crippen LogP contribution is 2.38. The molecule has 9 heteroatoms. The maximum atomic E-state index is 13.3. The van der Waals surface area contributed by atoms with Crippen molar-refractivity contribution < 1.29 is 19.1 Å². The van der Waals surface area contributed by atoms with E-state index in [2.05, 4.69) is 23.2 Å². The normalized spacial score (nSPS) is 17.3. The second-order valence-electron chi connectivity index (χ2n) is 10.6. The number of benzene rings is 1. The fraction of sp³-hybridized carbons (Fsp3) is 0.519. The quantitative estimate of drug-likeness (QED) is 0.532. The van der Waals surface area contributed by atoms with Gasteiger partial charge in [-0.25, -0.2) is 14.7 Å². The number of hydrogen-bond donors (Lipinski definition) is 1. The average Bonchev–Trinajstić information content (AvgIpc) is 3.18. The number of aromatic nitrogens is 1. The zero-order valence-electron chi connectivity index (χ0n) is 21.9. The molecule has 4 rings (SSSR count). The topological polar surface area (TPSA) is 84.0 Å². The molecule has 0 spiro atoms. The van der Waals surface area contributed by atoms with Crippen LogP contribution in [0.1, 0.15) is 79.7 Å². The van der Waals surface area contributed by atoms with Crippen molar-refractivity contribution in [3.8, 4) is 0 Å². The van der Waals surface area contributed by atoms with Crippen molar-refractivity contribution in [2.75, 3.05) is 32.6 Å². The Morgan fingerprint density at radius 1 is 1.22 bits per heavy atom. The summed E-state index contributed by atoms with van der Waals surface area (Å²) in [6.07, 6.45) is 1.26. The molecule has 0 saturated carbocycles. The van der Waals surface area contributed by atoms with Crippen molar-refractivity contribution in [1.82, 2.24) is 14.8 Å². The molecule has 0 bridgehead atoms. The number of imide groups is 1. The number of pyridine rings is 1. The second kappa shape index (κ2) is 10.4. The van der Waals surface area contributed by atoms with Gasteiger partial charge in [0, 0.05) is 29.8 Å². The minimum absolute atomic E-state index is 0.0659. The van der Waals surface area contributed by atoms with E-state index in [1.165, 1.54) is 5.56 Å². The lowest BCUT2D eigenvalue weighted by atomic mass is 9.88. The number of nitrogens with zero attached hydrogens (tertiary/aromatic N) is 3. The molecule has 0 radical (unpaired) electrons. The van der Waals surface area contributed by atoms with Crippen LogP contribution in [0.5, 0.6) is 0 Å². The van der Waals surface area contributed by atoms with Gasteiger partial charge in [-0.15, -0.1) is 0 Å². The Bertz CT molecular complexity index is 1160. The third kappa shape index (κ3) is 5.51. The Morgan fingerprint density at radius 2 is 1.92 bits per heavy atom. The van der Waals surface area contributed by atoms with E-state index >= 15 is 0 Å². The summed E-state index contributed by atoms with van der Waals surface area (Å²) in [5.74, 6) is 0.592. The van der Waals surface area contributed by atoms with Crippen LogP contribution in [-0.4, -0.2) is 59.7 Å². The molecule has 8 nitrogen and oxygen atoms in total. The lowest BCUT2D eigenvalue weighted by molar-refractivity contribution is 0.0248. The molecular weight excluding hydrogens is 480 g/mol. The van der Waals surface area contributed by atoms with Crippen molar-refractivity contribution in [1.29, 1.82) is 0 Å². The summed E-state index contributed by atoms with van der Waals surface area (Å²) in [6.45, 7) is 9.01. The zero-order chi connectivity index (χ0) is 26.2. The van der Waals surface area contributed by atoms with E-state index < -0.39 is 17.6 Å². The maximum Gasteiger partial charge on any atom is 0.417 e. The number of halogens is 1. The van der Waals surface area contributed by atoms with Crippen LogP contribution in [0.3, 0.4) is 0 Å². The van der Waals surface area contributed by atoms with E-state index in [9.17, 15) is 9.59 Å². The fourth-order valence-electron chi connectivity index (χ4n) is 4.58. The Morgan fingerprint density at radius 3 is 2.56 bits per heavy atom. The van der Waals surface area contributed by atoms with Gasteiger partial charge in [0.1, 0.15) is 11.4 Å². The van der Waals surface area contributed by atoms with Crippen LogP contribution in [0, 0.1) is 0 Å². The highest BCUT2D eigenvalue weighted by Gasteiger charge is 2.38. The van der Waals surface area contributed by atoms with E-state index in [-0.39, 0.29) is 12.6 Å². The largest absolute Gasteiger partial charge is 0.443 e. The van der Waals surface area contributed by atoms with Gasteiger partial charge in [0.2, 0.25) is 0 Å². The Balaban J connectivity index is 1.66. The van der Waals surface area contributed by atoms with Crippen LogP contribution in [0.2, 0.25) is 5.02 Å². The molecular formula is C27H35ClN4O4. The number of ether oxygens (including phenoxy) is 2. The smallest absolute Gasteiger partial charge is 0.417 e. The van der Waals surface area contributed by atoms with Crippen LogP contribution < -0.4 is 5.32 Å². The van der Waals surface area contributed by atoms with Crippen LogP contribution in [0.25, 0.3) is 0 Å². The Kier molecular flexibility index (Phi) is 7.59. The molecule has 1 atom stereocenters. The van der Waals surface area contributed by atoms with Gasteiger partial charge >= 0.3 is 6.09 Å². The predicted molar refractivity (Wildman–Crippen MR) is 140 cm³/mol. The Hall–Kier alpha value is -2.68. The van der Waals surface area contributed by atoms with Crippen LogP contribution in [0.15, 0.2) is 24.3 Å². The first-order valence-electron chi connectivity index (χ1n) is 12.3. The summed E-state index contributed by atoms with van der Waals surface area (Å²) in [4.78, 5) is 34.2. The molecule has 2 aliphatic rings. The van der Waals surface area contributed by atoms with Gasteiger partial charge in [-0.1, -0.05) is 17.7 Å². The van der Waals surface area contributed by atoms with Crippen molar-refractivity contribution in [2.45, 2.75) is 64.6 Å². The van der Waals surface area contributed by atoms with Crippen molar-refractivity contribution in [3.05, 3.63) is 51.7 Å². The third-order valence-electron chi connectivity index (χ3n) is 6.70. The van der Waals surface area contributed by atoms with Gasteiger partial charge in [0.05, 0.1) is 23.5 Å². The van der Waals surface area contributed by atoms with Gasteiger partial charge in [-0.2, -0.15) is 0 Å². The second-order valence-corrected chi connectivity index (χ2v) is 11.0. The minimum atomic E-state index is -0.716. The van der Waals surface area contributed by atoms with Crippen LogP contribution in [-0.2, 0) is 16.0 Å². The number of carbonyl (C=O) groups excluding carboxylic acids is 2. The van der Waals surface area contributed by atoms with Gasteiger partial charge in [0.25, 0.3) is 5.91 Å². The number of rotatable bonds is 5. The summed E-state index contributed by atoms with van der Waals surface area (Å²) in [5.41, 5.74) is 3.04. The van der Waals surface area contributed by atoms with E-state index in [0.717, 1.165) is 36.6 Å². The van der Waals surface area contributed by atoms with Crippen molar-refractivity contribution in [2.24, 2.45) is 0 Å². The maximum absolute atomic E-state index is 13.3. The number of hydrogen-bond acceptors (Lipinski definition) is 7. The average molecular weight is 515 g/mol. The molecule has 1 aromatic carbocycles. The molecule has 36 heavy (non-hydrogen) atoms. The molecule has 1 unspecified atom stereocenters. The first kappa shape index (κ1) is 26.4. The number of amides is 2. The molecule has 2 aliphatic heterocycles. The van der Waals surface area contributed by atoms with Crippen LogP contribution >= 0.6 is 11.6 Å². The SMILES string of the molecule is CC(c1nc(Nc2ccc(Cl)c3c2C(=O)N(C(=O)OC(C)(C)C)C3)ccc1C1CCOCC1)N(C)C. The highest BCUT2D eigenvalue weighted by atomic mass is 35.5. The van der Waals surface area contributed by atoms with E-state index in [1.807, 2.05) is 20.2 Å². The van der Waals surface area contributed by atoms with Crippen molar-refractivity contribution >= 4 is 35.1 Å². The highest BCUT2D eigenvalue weighted by molar-refractivity contribution is 6.32. The molecule has 1 N–H and O–H groups in total. The molecule has 2 amide bonds. The summed E-state index contributed by atoms with van der Waals surface area (Å²) in [7, 11) is 4.08. The standard InChI is InChI=1S/C27H35ClN4O4/c1-16(31(5)6)24-18(17-11-13-35-14-12-17)7-10-22(30-24)29-21-9-8-20(28)19-15-32(25(33)23(19)21)26(34)36-27(2,3)4/h7-10,16-17H,11-15H2,1-6H3,(H,29,30). The monoisotopic (exact) mass is 514 g/mol. The molecule has 1 saturated heterocycles. The van der Waals surface area contributed by atoms with Crippen molar-refractivity contribution in [3.63, 3.8) is 0 Å². The summed E-state index contributed by atoms with van der Waals surface area (Å²) < 4.78 is 11.0. The lowest BCUT2D eigenvalue weighted by Crippen LogP contribution is -2.37. The van der Waals surface area contributed by atoms with Gasteiger partial charge < -0.3 is 19.7 Å². The summed E-state index contributed by atoms with van der Waals surface area (Å²) in [5, 5.41) is 3.75. The third-order valence-corrected chi connectivity index (χ3v) is 7.05. The van der Waals surface area contributed by atoms with Gasteiger partial charge in [0.15, 0.2) is 0 Å². The minimum Gasteiger partial charge on any atom is -0.443 e. The van der Waals surface area contributed by atoms with Crippen LogP contribution in [0.4, 0.5) is 16.3 Å². The number of fused-ring (bicyclic) bond motifs is 1. The molecule has 3 heterocycles.